The monoisotopic (exact) mass is 398 g/mol. The number of nitrogens with one attached hydrogen (secondary N) is 1. The second-order valence-electron chi connectivity index (χ2n) is 7.50. The molecule has 1 amide bonds. The molecule has 0 aliphatic carbocycles. The Morgan fingerprint density at radius 2 is 1.69 bits per heavy atom. The lowest BCUT2D eigenvalue weighted by Gasteiger charge is -2.35. The Hall–Kier alpha value is -2.87. The zero-order valence-corrected chi connectivity index (χ0v) is 17.1. The molecular formula is C21H28N5O3+. The van der Waals surface area contributed by atoms with Gasteiger partial charge in [0.1, 0.15) is 6.54 Å². The predicted octanol–water partition coefficient (Wildman–Crippen LogP) is -0.216. The summed E-state index contributed by atoms with van der Waals surface area (Å²) < 4.78 is 10.8. The predicted molar refractivity (Wildman–Crippen MR) is 108 cm³/mol. The third kappa shape index (κ3) is 4.27. The van der Waals surface area contributed by atoms with Gasteiger partial charge in [0.05, 0.1) is 20.8 Å². The van der Waals surface area contributed by atoms with E-state index in [4.69, 9.17) is 9.47 Å². The van der Waals surface area contributed by atoms with Crippen molar-refractivity contribution in [2.24, 2.45) is 0 Å². The summed E-state index contributed by atoms with van der Waals surface area (Å²) in [5, 5.41) is 0. The molecular weight excluding hydrogens is 370 g/mol. The average Bonchev–Trinajstić information content (AvgIpc) is 2.78. The lowest BCUT2D eigenvalue weighted by atomic mass is 9.98. The molecule has 8 nitrogen and oxygen atoms in total. The number of piperazine rings is 1. The van der Waals surface area contributed by atoms with Crippen LogP contribution in [0.15, 0.2) is 30.6 Å². The normalized spacial score (nSPS) is 18.9. The Labute approximate surface area is 171 Å². The summed E-state index contributed by atoms with van der Waals surface area (Å²) in [4.78, 5) is 26.9. The molecule has 29 heavy (non-hydrogen) atoms. The van der Waals surface area contributed by atoms with Gasteiger partial charge in [-0.25, -0.2) is 9.97 Å². The molecule has 3 heterocycles. The number of methoxy groups -OCH3 is 2. The van der Waals surface area contributed by atoms with Gasteiger partial charge in [0.2, 0.25) is 5.95 Å². The highest BCUT2D eigenvalue weighted by Crippen LogP contribution is 2.31. The summed E-state index contributed by atoms with van der Waals surface area (Å²) in [5.41, 5.74) is 2.53. The molecule has 8 heteroatoms. The van der Waals surface area contributed by atoms with Gasteiger partial charge >= 0.3 is 0 Å². The van der Waals surface area contributed by atoms with Crippen molar-refractivity contribution in [1.29, 1.82) is 0 Å². The average molecular weight is 398 g/mol. The lowest BCUT2D eigenvalue weighted by Crippen LogP contribution is -3.12. The minimum absolute atomic E-state index is 0.220. The number of hydrogen-bond acceptors (Lipinski definition) is 6. The van der Waals surface area contributed by atoms with Crippen LogP contribution in [-0.2, 0) is 17.8 Å². The number of carbonyl (C=O) groups is 1. The van der Waals surface area contributed by atoms with E-state index in [0.717, 1.165) is 50.0 Å². The van der Waals surface area contributed by atoms with Crippen LogP contribution in [0.1, 0.15) is 11.1 Å². The number of anilines is 1. The number of rotatable bonds is 5. The third-order valence-corrected chi connectivity index (χ3v) is 5.76. The summed E-state index contributed by atoms with van der Waals surface area (Å²) in [6.07, 6.45) is 4.45. The largest absolute Gasteiger partial charge is 0.493 e. The first kappa shape index (κ1) is 19.4. The molecule has 1 unspecified atom stereocenters. The number of carbonyl (C=O) groups excluding carboxylic acids is 1. The van der Waals surface area contributed by atoms with Crippen molar-refractivity contribution >= 4 is 11.9 Å². The number of amides is 1. The summed E-state index contributed by atoms with van der Waals surface area (Å²) in [6, 6.07) is 5.93. The Morgan fingerprint density at radius 3 is 2.34 bits per heavy atom. The van der Waals surface area contributed by atoms with E-state index in [1.807, 2.05) is 11.0 Å². The van der Waals surface area contributed by atoms with E-state index in [-0.39, 0.29) is 5.91 Å². The van der Waals surface area contributed by atoms with Gasteiger partial charge in [0, 0.05) is 50.6 Å². The van der Waals surface area contributed by atoms with Crippen molar-refractivity contribution in [1.82, 2.24) is 14.9 Å². The van der Waals surface area contributed by atoms with E-state index in [1.54, 1.807) is 26.6 Å². The Balaban J connectivity index is 1.33. The maximum absolute atomic E-state index is 12.9. The highest BCUT2D eigenvalue weighted by atomic mass is 16.5. The Morgan fingerprint density at radius 1 is 1.03 bits per heavy atom. The first-order valence-electron chi connectivity index (χ1n) is 10.0. The highest BCUT2D eigenvalue weighted by molar-refractivity contribution is 5.77. The minimum Gasteiger partial charge on any atom is -0.493 e. The van der Waals surface area contributed by atoms with Crippen LogP contribution in [0.4, 0.5) is 5.95 Å². The van der Waals surface area contributed by atoms with E-state index in [9.17, 15) is 4.79 Å². The molecule has 1 aromatic heterocycles. The van der Waals surface area contributed by atoms with Gasteiger partial charge in [-0.3, -0.25) is 4.79 Å². The molecule has 154 valence electrons. The molecule has 0 radical (unpaired) electrons. The van der Waals surface area contributed by atoms with E-state index in [2.05, 4.69) is 27.0 Å². The zero-order valence-electron chi connectivity index (χ0n) is 17.1. The van der Waals surface area contributed by atoms with Crippen molar-refractivity contribution in [2.45, 2.75) is 13.0 Å². The Bertz CT molecular complexity index is 853. The van der Waals surface area contributed by atoms with Crippen LogP contribution < -0.4 is 19.3 Å². The zero-order chi connectivity index (χ0) is 20.2. The number of hydrogen-bond donors (Lipinski definition) is 1. The van der Waals surface area contributed by atoms with Crippen molar-refractivity contribution < 1.29 is 19.2 Å². The SMILES string of the molecule is COc1cc2c(cc1OC)C[NH+](CC(=O)N1CCN(c3ncccn3)CC1)CC2. The van der Waals surface area contributed by atoms with Gasteiger partial charge in [0.25, 0.3) is 5.91 Å². The molecule has 0 saturated carbocycles. The fourth-order valence-corrected chi connectivity index (χ4v) is 4.12. The molecule has 2 aliphatic rings. The standard InChI is InChI=1S/C21H27N5O3/c1-28-18-12-16-4-7-24(14-17(16)13-19(18)29-2)15-20(27)25-8-10-26(11-9-25)21-22-5-3-6-23-21/h3,5-6,12-13H,4,7-11,14-15H2,1-2H3/p+1. The fraction of sp³-hybridized carbons (Fsp3) is 0.476. The molecule has 4 rings (SSSR count). The Kier molecular flexibility index (Phi) is 5.80. The van der Waals surface area contributed by atoms with Crippen LogP contribution in [-0.4, -0.2) is 74.3 Å². The third-order valence-electron chi connectivity index (χ3n) is 5.76. The molecule has 2 aromatic rings. The topological polar surface area (TPSA) is 72.2 Å². The summed E-state index contributed by atoms with van der Waals surface area (Å²) in [5.74, 6) is 2.48. The number of quaternary nitrogens is 1. The fourth-order valence-electron chi connectivity index (χ4n) is 4.12. The van der Waals surface area contributed by atoms with Crippen molar-refractivity contribution in [3.05, 3.63) is 41.7 Å². The van der Waals surface area contributed by atoms with Crippen LogP contribution in [0.25, 0.3) is 0 Å². The second kappa shape index (κ2) is 8.65. The van der Waals surface area contributed by atoms with E-state index in [1.165, 1.54) is 16.0 Å². The molecule has 1 fully saturated rings. The van der Waals surface area contributed by atoms with Crippen LogP contribution in [0, 0.1) is 0 Å². The van der Waals surface area contributed by atoms with Crippen LogP contribution in [0.5, 0.6) is 11.5 Å². The summed E-state index contributed by atoms with van der Waals surface area (Å²) >= 11 is 0. The minimum atomic E-state index is 0.220. The van der Waals surface area contributed by atoms with Crippen molar-refractivity contribution in [3.8, 4) is 11.5 Å². The highest BCUT2D eigenvalue weighted by Gasteiger charge is 2.28. The number of nitrogens with zero attached hydrogens (tertiary/aromatic N) is 4. The molecule has 1 aromatic carbocycles. The second-order valence-corrected chi connectivity index (χ2v) is 7.50. The van der Waals surface area contributed by atoms with E-state index < -0.39 is 0 Å². The molecule has 0 bridgehead atoms. The molecule has 1 N–H and O–H groups in total. The quantitative estimate of drug-likeness (QED) is 0.751. The van der Waals surface area contributed by atoms with Gasteiger partial charge < -0.3 is 24.2 Å². The van der Waals surface area contributed by atoms with E-state index >= 15 is 0 Å². The van der Waals surface area contributed by atoms with Crippen molar-refractivity contribution in [3.63, 3.8) is 0 Å². The van der Waals surface area contributed by atoms with E-state index in [0.29, 0.717) is 19.6 Å². The first-order valence-corrected chi connectivity index (χ1v) is 10.0. The summed E-state index contributed by atoms with van der Waals surface area (Å²) in [7, 11) is 3.31. The van der Waals surface area contributed by atoms with Gasteiger partial charge in [-0.2, -0.15) is 0 Å². The maximum Gasteiger partial charge on any atom is 0.277 e. The first-order chi connectivity index (χ1) is 14.2. The molecule has 1 atom stereocenters. The maximum atomic E-state index is 12.9. The smallest absolute Gasteiger partial charge is 0.277 e. The van der Waals surface area contributed by atoms with Gasteiger partial charge in [-0.15, -0.1) is 0 Å². The van der Waals surface area contributed by atoms with Crippen LogP contribution in [0.3, 0.4) is 0 Å². The number of benzene rings is 1. The summed E-state index contributed by atoms with van der Waals surface area (Å²) in [6.45, 7) is 5.27. The number of aromatic nitrogens is 2. The van der Waals surface area contributed by atoms with Crippen LogP contribution >= 0.6 is 0 Å². The lowest BCUT2D eigenvalue weighted by molar-refractivity contribution is -0.908. The van der Waals surface area contributed by atoms with Gasteiger partial charge in [-0.1, -0.05) is 0 Å². The molecule has 0 spiro atoms. The van der Waals surface area contributed by atoms with Crippen LogP contribution in [0.2, 0.25) is 0 Å². The van der Waals surface area contributed by atoms with Gasteiger partial charge in [-0.05, 0) is 23.8 Å². The molecule has 2 aliphatic heterocycles. The number of fused-ring (bicyclic) bond motifs is 1. The number of ether oxygens (including phenoxy) is 2. The molecule has 1 saturated heterocycles. The van der Waals surface area contributed by atoms with Gasteiger partial charge in [0.15, 0.2) is 18.0 Å². The van der Waals surface area contributed by atoms with Crippen molar-refractivity contribution in [2.75, 3.05) is 58.4 Å².